The summed E-state index contributed by atoms with van der Waals surface area (Å²) in [6.07, 6.45) is 9.64. The Morgan fingerprint density at radius 1 is 1.04 bits per heavy atom. The van der Waals surface area contributed by atoms with Gasteiger partial charge in [0.05, 0.1) is 5.92 Å². The van der Waals surface area contributed by atoms with Gasteiger partial charge in [-0.25, -0.2) is 0 Å². The second-order valence-electron chi connectivity index (χ2n) is 8.65. The zero-order valence-corrected chi connectivity index (χ0v) is 17.0. The number of benzene rings is 1. The van der Waals surface area contributed by atoms with Crippen molar-refractivity contribution < 1.29 is 9.59 Å². The second kappa shape index (κ2) is 8.64. The molecule has 3 aliphatic rings. The number of hydrogen-bond acceptors (Lipinski definition) is 3. The van der Waals surface area contributed by atoms with Crippen molar-refractivity contribution in [2.75, 3.05) is 24.5 Å². The topological polar surface area (TPSA) is 52.7 Å². The number of amides is 2. The van der Waals surface area contributed by atoms with Gasteiger partial charge in [0.1, 0.15) is 0 Å². The molecule has 1 unspecified atom stereocenters. The Hall–Kier alpha value is -1.88. The lowest BCUT2D eigenvalue weighted by molar-refractivity contribution is -0.121. The largest absolute Gasteiger partial charge is 0.356 e. The molecule has 1 atom stereocenters. The van der Waals surface area contributed by atoms with E-state index in [0.717, 1.165) is 43.2 Å². The van der Waals surface area contributed by atoms with E-state index in [-0.39, 0.29) is 17.7 Å². The summed E-state index contributed by atoms with van der Waals surface area (Å²) in [6, 6.07) is 9.31. The van der Waals surface area contributed by atoms with E-state index < -0.39 is 0 Å². The van der Waals surface area contributed by atoms with Crippen LogP contribution in [-0.2, 0) is 9.59 Å². The normalized spacial score (nSPS) is 24.4. The maximum absolute atomic E-state index is 13.3. The average Bonchev–Trinajstić information content (AvgIpc) is 3.00. The van der Waals surface area contributed by atoms with Crippen molar-refractivity contribution in [1.29, 1.82) is 0 Å². The van der Waals surface area contributed by atoms with E-state index in [0.29, 0.717) is 19.0 Å². The van der Waals surface area contributed by atoms with Gasteiger partial charge in [0, 0.05) is 44.3 Å². The van der Waals surface area contributed by atoms with Crippen molar-refractivity contribution in [2.45, 2.75) is 76.3 Å². The Balaban J connectivity index is 1.43. The molecule has 5 heteroatoms. The van der Waals surface area contributed by atoms with E-state index in [4.69, 9.17) is 0 Å². The van der Waals surface area contributed by atoms with Crippen molar-refractivity contribution >= 4 is 17.5 Å². The molecule has 1 aliphatic carbocycles. The first-order valence-corrected chi connectivity index (χ1v) is 11.1. The minimum atomic E-state index is -0.126. The van der Waals surface area contributed by atoms with E-state index in [9.17, 15) is 9.59 Å². The lowest BCUT2D eigenvalue weighted by Gasteiger charge is -2.41. The molecule has 2 heterocycles. The summed E-state index contributed by atoms with van der Waals surface area (Å²) in [4.78, 5) is 29.3. The molecular formula is C23H33N3O2. The van der Waals surface area contributed by atoms with Gasteiger partial charge in [-0.3, -0.25) is 9.59 Å². The Morgan fingerprint density at radius 3 is 2.46 bits per heavy atom. The number of piperidine rings is 1. The van der Waals surface area contributed by atoms with Crippen LogP contribution in [-0.4, -0.2) is 48.4 Å². The van der Waals surface area contributed by atoms with Gasteiger partial charge in [-0.2, -0.15) is 0 Å². The van der Waals surface area contributed by atoms with Crippen LogP contribution in [0.2, 0.25) is 0 Å². The molecule has 0 radical (unpaired) electrons. The number of rotatable bonds is 5. The number of anilines is 1. The predicted octanol–water partition coefficient (Wildman–Crippen LogP) is 3.44. The molecule has 5 nitrogen and oxygen atoms in total. The van der Waals surface area contributed by atoms with Crippen LogP contribution in [0, 0.1) is 0 Å². The molecule has 0 bridgehead atoms. The molecule has 1 saturated carbocycles. The number of carbonyl (C=O) groups excluding carboxylic acids is 2. The Morgan fingerprint density at radius 2 is 1.75 bits per heavy atom. The van der Waals surface area contributed by atoms with Gasteiger partial charge >= 0.3 is 0 Å². The summed E-state index contributed by atoms with van der Waals surface area (Å²) in [6.45, 7) is 4.29. The van der Waals surface area contributed by atoms with Gasteiger partial charge < -0.3 is 15.1 Å². The molecule has 2 amide bonds. The summed E-state index contributed by atoms with van der Waals surface area (Å²) in [7, 11) is 0. The highest BCUT2D eigenvalue weighted by Crippen LogP contribution is 2.42. The van der Waals surface area contributed by atoms with Crippen molar-refractivity contribution in [3.63, 3.8) is 0 Å². The number of hydrogen-bond donors (Lipinski definition) is 1. The highest BCUT2D eigenvalue weighted by atomic mass is 16.2. The first-order valence-electron chi connectivity index (χ1n) is 11.1. The summed E-state index contributed by atoms with van der Waals surface area (Å²) in [5, 5.41) is 2.84. The number of nitrogens with zero attached hydrogens (tertiary/aromatic N) is 2. The van der Waals surface area contributed by atoms with Crippen LogP contribution >= 0.6 is 0 Å². The van der Waals surface area contributed by atoms with Gasteiger partial charge in [0.15, 0.2) is 0 Å². The maximum Gasteiger partial charge on any atom is 0.234 e. The monoisotopic (exact) mass is 383 g/mol. The fourth-order valence-corrected chi connectivity index (χ4v) is 5.42. The molecule has 28 heavy (non-hydrogen) atoms. The molecule has 1 N–H and O–H groups in total. The molecule has 0 spiro atoms. The molecule has 0 aromatic heterocycles. The first kappa shape index (κ1) is 19.4. The molecule has 1 aromatic carbocycles. The van der Waals surface area contributed by atoms with Crippen LogP contribution in [0.15, 0.2) is 24.3 Å². The van der Waals surface area contributed by atoms with Gasteiger partial charge in [-0.05, 0) is 43.7 Å². The van der Waals surface area contributed by atoms with Crippen LogP contribution in [0.3, 0.4) is 0 Å². The minimum absolute atomic E-state index is 0.0364. The predicted molar refractivity (Wildman–Crippen MR) is 111 cm³/mol. The standard InChI is InChI=1S/C23H33N3O2/c1-17(27)24-14-11-21-20-9-5-6-10-22(20)26(23(21)28)19-12-15-25(16-13-19)18-7-3-2-4-8-18/h5-6,9-10,18-19,21H,2-4,7-8,11-16H2,1H3,(H,24,27). The van der Waals surface area contributed by atoms with Crippen molar-refractivity contribution in [3.05, 3.63) is 29.8 Å². The summed E-state index contributed by atoms with van der Waals surface area (Å²) < 4.78 is 0. The fourth-order valence-electron chi connectivity index (χ4n) is 5.42. The number of nitrogens with one attached hydrogen (secondary N) is 1. The average molecular weight is 384 g/mol. The SMILES string of the molecule is CC(=O)NCCC1C(=O)N(C2CCN(C3CCCCC3)CC2)c2ccccc21. The lowest BCUT2D eigenvalue weighted by Crippen LogP contribution is -2.49. The quantitative estimate of drug-likeness (QED) is 0.847. The fraction of sp³-hybridized carbons (Fsp3) is 0.652. The van der Waals surface area contributed by atoms with E-state index in [2.05, 4.69) is 27.2 Å². The molecule has 1 saturated heterocycles. The number of para-hydroxylation sites is 1. The molecule has 2 fully saturated rings. The molecule has 4 rings (SSSR count). The van der Waals surface area contributed by atoms with Gasteiger partial charge in [-0.15, -0.1) is 0 Å². The number of fused-ring (bicyclic) bond motifs is 1. The summed E-state index contributed by atoms with van der Waals surface area (Å²) in [5.41, 5.74) is 2.23. The third-order valence-electron chi connectivity index (χ3n) is 6.87. The summed E-state index contributed by atoms with van der Waals surface area (Å²) in [5.74, 6) is 0.0627. The van der Waals surface area contributed by atoms with Gasteiger partial charge in [0.2, 0.25) is 11.8 Å². The Kier molecular flexibility index (Phi) is 6.00. The van der Waals surface area contributed by atoms with Crippen LogP contribution in [0.5, 0.6) is 0 Å². The highest BCUT2D eigenvalue weighted by molar-refractivity contribution is 6.05. The minimum Gasteiger partial charge on any atom is -0.356 e. The van der Waals surface area contributed by atoms with E-state index >= 15 is 0 Å². The first-order chi connectivity index (χ1) is 13.6. The third-order valence-corrected chi connectivity index (χ3v) is 6.87. The molecule has 1 aromatic rings. The smallest absolute Gasteiger partial charge is 0.234 e. The number of carbonyl (C=O) groups is 2. The van der Waals surface area contributed by atoms with Crippen LogP contribution in [0.25, 0.3) is 0 Å². The van der Waals surface area contributed by atoms with Crippen LogP contribution in [0.1, 0.15) is 69.8 Å². The van der Waals surface area contributed by atoms with Gasteiger partial charge in [-0.1, -0.05) is 37.5 Å². The van der Waals surface area contributed by atoms with E-state index in [1.54, 1.807) is 0 Å². The lowest BCUT2D eigenvalue weighted by atomic mass is 9.91. The Labute approximate surface area is 168 Å². The molecular weight excluding hydrogens is 350 g/mol. The second-order valence-corrected chi connectivity index (χ2v) is 8.65. The maximum atomic E-state index is 13.3. The van der Waals surface area contributed by atoms with E-state index in [1.165, 1.54) is 39.0 Å². The van der Waals surface area contributed by atoms with E-state index in [1.807, 2.05) is 12.1 Å². The summed E-state index contributed by atoms with van der Waals surface area (Å²) >= 11 is 0. The number of likely N-dealkylation sites (tertiary alicyclic amines) is 1. The zero-order chi connectivity index (χ0) is 19.5. The Bertz CT molecular complexity index is 706. The van der Waals surface area contributed by atoms with Gasteiger partial charge in [0.25, 0.3) is 0 Å². The van der Waals surface area contributed by atoms with Crippen molar-refractivity contribution in [3.8, 4) is 0 Å². The zero-order valence-electron chi connectivity index (χ0n) is 17.0. The van der Waals surface area contributed by atoms with Crippen molar-refractivity contribution in [1.82, 2.24) is 10.2 Å². The van der Waals surface area contributed by atoms with Crippen LogP contribution < -0.4 is 10.2 Å². The highest BCUT2D eigenvalue weighted by Gasteiger charge is 2.41. The molecule has 2 aliphatic heterocycles. The third kappa shape index (κ3) is 3.95. The van der Waals surface area contributed by atoms with Crippen molar-refractivity contribution in [2.24, 2.45) is 0 Å². The van der Waals surface area contributed by atoms with Crippen LogP contribution in [0.4, 0.5) is 5.69 Å². The molecule has 152 valence electrons.